The van der Waals surface area contributed by atoms with Gasteiger partial charge in [-0.15, -0.1) is 0 Å². The first-order valence-corrected chi connectivity index (χ1v) is 12.7. The van der Waals surface area contributed by atoms with Gasteiger partial charge in [0.25, 0.3) is 11.7 Å². The Morgan fingerprint density at radius 2 is 1.87 bits per heavy atom. The SMILES string of the molecule is CCCCOc1ccc(C2/C(=C(\O)c3cccc(OC)c3)C(=O)C(=O)N2CCCn2ccnc2)cc1OC. The maximum Gasteiger partial charge on any atom is 0.295 e. The zero-order chi connectivity index (χ0) is 27.1. The van der Waals surface area contributed by atoms with Crippen LogP contribution in [0, 0.1) is 0 Å². The van der Waals surface area contributed by atoms with E-state index < -0.39 is 17.7 Å². The number of ether oxygens (including phenoxy) is 3. The fourth-order valence-corrected chi connectivity index (χ4v) is 4.53. The Morgan fingerprint density at radius 1 is 1.03 bits per heavy atom. The van der Waals surface area contributed by atoms with Crippen LogP contribution in [0.4, 0.5) is 0 Å². The van der Waals surface area contributed by atoms with Crippen LogP contribution in [-0.2, 0) is 16.1 Å². The summed E-state index contributed by atoms with van der Waals surface area (Å²) in [5, 5.41) is 11.3. The molecule has 1 saturated heterocycles. The van der Waals surface area contributed by atoms with Crippen molar-refractivity contribution in [1.82, 2.24) is 14.5 Å². The molecule has 3 aromatic rings. The molecule has 2 aromatic carbocycles. The molecule has 1 aliphatic heterocycles. The first-order chi connectivity index (χ1) is 18.5. The molecular weight excluding hydrogens is 486 g/mol. The van der Waals surface area contributed by atoms with Gasteiger partial charge in [-0.2, -0.15) is 0 Å². The molecule has 38 heavy (non-hydrogen) atoms. The molecule has 200 valence electrons. The summed E-state index contributed by atoms with van der Waals surface area (Å²) in [5.41, 5.74) is 1.04. The van der Waals surface area contributed by atoms with E-state index in [1.807, 2.05) is 16.8 Å². The Labute approximate surface area is 222 Å². The molecule has 0 aliphatic carbocycles. The summed E-state index contributed by atoms with van der Waals surface area (Å²) in [6.45, 7) is 3.56. The van der Waals surface area contributed by atoms with Gasteiger partial charge >= 0.3 is 0 Å². The number of likely N-dealkylation sites (tertiary alicyclic amines) is 1. The van der Waals surface area contributed by atoms with Crippen LogP contribution in [0.3, 0.4) is 0 Å². The lowest BCUT2D eigenvalue weighted by atomic mass is 9.95. The number of unbranched alkanes of at least 4 members (excludes halogenated alkanes) is 1. The predicted octanol–water partition coefficient (Wildman–Crippen LogP) is 4.59. The average Bonchev–Trinajstić information content (AvgIpc) is 3.55. The number of imidazole rings is 1. The summed E-state index contributed by atoms with van der Waals surface area (Å²) in [6, 6.07) is 11.3. The van der Waals surface area contributed by atoms with Gasteiger partial charge < -0.3 is 28.8 Å². The minimum atomic E-state index is -0.803. The second kappa shape index (κ2) is 12.3. The van der Waals surface area contributed by atoms with Crippen LogP contribution >= 0.6 is 0 Å². The number of carbonyl (C=O) groups excluding carboxylic acids is 2. The van der Waals surface area contributed by atoms with Crippen LogP contribution in [-0.4, -0.2) is 58.6 Å². The smallest absolute Gasteiger partial charge is 0.295 e. The number of nitrogens with zero attached hydrogens (tertiary/aromatic N) is 3. The van der Waals surface area contributed by atoms with Crippen molar-refractivity contribution in [1.29, 1.82) is 0 Å². The summed E-state index contributed by atoms with van der Waals surface area (Å²) in [4.78, 5) is 32.2. The van der Waals surface area contributed by atoms with Gasteiger partial charge in [0, 0.05) is 31.0 Å². The van der Waals surface area contributed by atoms with Crippen molar-refractivity contribution < 1.29 is 28.9 Å². The highest BCUT2D eigenvalue weighted by Crippen LogP contribution is 2.42. The second-order valence-corrected chi connectivity index (χ2v) is 8.99. The van der Waals surface area contributed by atoms with E-state index in [1.165, 1.54) is 12.0 Å². The number of hydrogen-bond acceptors (Lipinski definition) is 7. The molecule has 2 heterocycles. The van der Waals surface area contributed by atoms with Gasteiger partial charge in [-0.1, -0.05) is 31.5 Å². The summed E-state index contributed by atoms with van der Waals surface area (Å²) in [7, 11) is 3.07. The molecular formula is C29H33N3O6. The van der Waals surface area contributed by atoms with Crippen LogP contribution in [0.2, 0.25) is 0 Å². The van der Waals surface area contributed by atoms with Crippen molar-refractivity contribution in [3.8, 4) is 17.2 Å². The molecule has 9 heteroatoms. The lowest BCUT2D eigenvalue weighted by Crippen LogP contribution is -2.31. The fourth-order valence-electron chi connectivity index (χ4n) is 4.53. The van der Waals surface area contributed by atoms with Gasteiger partial charge in [-0.05, 0) is 42.7 Å². The molecule has 1 aromatic heterocycles. The van der Waals surface area contributed by atoms with Gasteiger partial charge in [0.2, 0.25) is 0 Å². The third-order valence-corrected chi connectivity index (χ3v) is 6.52. The monoisotopic (exact) mass is 519 g/mol. The molecule has 0 radical (unpaired) electrons. The third kappa shape index (κ3) is 5.66. The third-order valence-electron chi connectivity index (χ3n) is 6.52. The van der Waals surface area contributed by atoms with E-state index in [0.29, 0.717) is 54.5 Å². The van der Waals surface area contributed by atoms with Crippen molar-refractivity contribution >= 4 is 17.4 Å². The molecule has 1 fully saturated rings. The number of aromatic nitrogens is 2. The highest BCUT2D eigenvalue weighted by Gasteiger charge is 2.46. The lowest BCUT2D eigenvalue weighted by molar-refractivity contribution is -0.139. The second-order valence-electron chi connectivity index (χ2n) is 8.99. The quantitative estimate of drug-likeness (QED) is 0.162. The van der Waals surface area contributed by atoms with Gasteiger partial charge in [0.05, 0.1) is 38.8 Å². The number of rotatable bonds is 12. The molecule has 0 bridgehead atoms. The Kier molecular flexibility index (Phi) is 8.68. The number of methoxy groups -OCH3 is 2. The van der Waals surface area contributed by atoms with Crippen molar-refractivity contribution in [2.45, 2.75) is 38.8 Å². The van der Waals surface area contributed by atoms with Crippen LogP contribution < -0.4 is 14.2 Å². The number of Topliss-reactive ketones (excluding diaryl/α,β-unsaturated/α-hetero) is 1. The number of benzene rings is 2. The van der Waals surface area contributed by atoms with Crippen molar-refractivity contribution in [2.75, 3.05) is 27.4 Å². The Bertz CT molecular complexity index is 1300. The topological polar surface area (TPSA) is 103 Å². The van der Waals surface area contributed by atoms with Gasteiger partial charge in [0.15, 0.2) is 11.5 Å². The minimum Gasteiger partial charge on any atom is -0.507 e. The van der Waals surface area contributed by atoms with E-state index in [1.54, 1.807) is 56.0 Å². The van der Waals surface area contributed by atoms with Gasteiger partial charge in [-0.3, -0.25) is 9.59 Å². The maximum atomic E-state index is 13.3. The van der Waals surface area contributed by atoms with Crippen molar-refractivity contribution in [3.05, 3.63) is 77.9 Å². The number of aliphatic hydroxyl groups is 1. The maximum absolute atomic E-state index is 13.3. The zero-order valence-electron chi connectivity index (χ0n) is 21.9. The van der Waals surface area contributed by atoms with E-state index in [-0.39, 0.29) is 11.3 Å². The highest BCUT2D eigenvalue weighted by atomic mass is 16.5. The van der Waals surface area contributed by atoms with Crippen molar-refractivity contribution in [3.63, 3.8) is 0 Å². The molecule has 1 amide bonds. The van der Waals surface area contributed by atoms with Gasteiger partial charge in [-0.25, -0.2) is 4.98 Å². The summed E-state index contributed by atoms with van der Waals surface area (Å²) < 4.78 is 18.7. The standard InChI is InChI=1S/C29H33N3O6/c1-4-5-16-38-23-11-10-20(18-24(23)37-3)26-25(27(33)21-8-6-9-22(17-21)36-2)28(34)29(35)32(26)14-7-13-31-15-12-30-19-31/h6,8-12,15,17-19,26,33H,4-5,7,13-14,16H2,1-3H3/b27-25+. The number of ketones is 1. The van der Waals surface area contributed by atoms with Crippen molar-refractivity contribution in [2.24, 2.45) is 0 Å². The predicted molar refractivity (Wildman–Crippen MR) is 142 cm³/mol. The summed E-state index contributed by atoms with van der Waals surface area (Å²) >= 11 is 0. The molecule has 1 atom stereocenters. The van der Waals surface area contributed by atoms with E-state index in [2.05, 4.69) is 11.9 Å². The first-order valence-electron chi connectivity index (χ1n) is 12.7. The normalized spacial score (nSPS) is 16.6. The molecule has 0 spiro atoms. The molecule has 1 aliphatic rings. The number of aryl methyl sites for hydroxylation is 1. The Morgan fingerprint density at radius 3 is 2.58 bits per heavy atom. The van der Waals surface area contributed by atoms with Gasteiger partial charge in [0.1, 0.15) is 11.5 Å². The summed E-state index contributed by atoms with van der Waals surface area (Å²) in [6.07, 6.45) is 7.74. The molecule has 1 N–H and O–H groups in total. The van der Waals surface area contributed by atoms with E-state index >= 15 is 0 Å². The number of amides is 1. The molecule has 9 nitrogen and oxygen atoms in total. The molecule has 1 unspecified atom stereocenters. The van der Waals surface area contributed by atoms with Crippen LogP contribution in [0.25, 0.3) is 5.76 Å². The number of carbonyl (C=O) groups is 2. The average molecular weight is 520 g/mol. The zero-order valence-corrected chi connectivity index (χ0v) is 21.9. The number of aliphatic hydroxyl groups excluding tert-OH is 1. The Hall–Kier alpha value is -4.27. The summed E-state index contributed by atoms with van der Waals surface area (Å²) in [5.74, 6) is -0.0620. The molecule has 0 saturated carbocycles. The van der Waals surface area contributed by atoms with E-state index in [0.717, 1.165) is 12.8 Å². The Balaban J connectivity index is 1.75. The van der Waals surface area contributed by atoms with Crippen LogP contribution in [0.5, 0.6) is 17.2 Å². The van der Waals surface area contributed by atoms with E-state index in [4.69, 9.17) is 14.2 Å². The first kappa shape index (κ1) is 26.8. The lowest BCUT2D eigenvalue weighted by Gasteiger charge is -2.26. The number of hydrogen-bond donors (Lipinski definition) is 1. The van der Waals surface area contributed by atoms with Crippen LogP contribution in [0.1, 0.15) is 43.4 Å². The minimum absolute atomic E-state index is 0.0209. The van der Waals surface area contributed by atoms with Crippen LogP contribution in [0.15, 0.2) is 66.8 Å². The largest absolute Gasteiger partial charge is 0.507 e. The molecule has 4 rings (SSSR count). The fraction of sp³-hybridized carbons (Fsp3) is 0.345. The van der Waals surface area contributed by atoms with E-state index in [9.17, 15) is 14.7 Å². The highest BCUT2D eigenvalue weighted by molar-refractivity contribution is 6.46.